The summed E-state index contributed by atoms with van der Waals surface area (Å²) in [5.74, 6) is 0.691. The maximum absolute atomic E-state index is 6.22. The number of halogens is 1. The lowest BCUT2D eigenvalue weighted by Gasteiger charge is -2.25. The minimum absolute atomic E-state index is 0.528. The second-order valence-corrected chi connectivity index (χ2v) is 5.13. The molecule has 0 aromatic heterocycles. The van der Waals surface area contributed by atoms with Crippen LogP contribution < -0.4 is 5.32 Å². The van der Waals surface area contributed by atoms with Crippen LogP contribution in [0.25, 0.3) is 0 Å². The van der Waals surface area contributed by atoms with Crippen LogP contribution in [0.4, 0.5) is 0 Å². The molecule has 0 fully saturated rings. The lowest BCUT2D eigenvalue weighted by molar-refractivity contribution is 0.358. The monoisotopic (exact) mass is 253 g/mol. The van der Waals surface area contributed by atoms with Crippen molar-refractivity contribution in [3.63, 3.8) is 0 Å². The Bertz CT molecular complexity index is 324. The maximum atomic E-state index is 6.22. The van der Waals surface area contributed by atoms with Crippen LogP contribution >= 0.6 is 11.6 Å². The number of rotatable bonds is 7. The minimum atomic E-state index is 0.528. The van der Waals surface area contributed by atoms with Crippen LogP contribution in [0.5, 0.6) is 0 Å². The zero-order valence-corrected chi connectivity index (χ0v) is 11.9. The fraction of sp³-hybridized carbons (Fsp3) is 0.600. The van der Waals surface area contributed by atoms with E-state index in [9.17, 15) is 0 Å². The highest BCUT2D eigenvalue weighted by Gasteiger charge is 2.16. The van der Waals surface area contributed by atoms with Crippen molar-refractivity contribution < 1.29 is 0 Å². The molecule has 2 heteroatoms. The van der Waals surface area contributed by atoms with Gasteiger partial charge in [-0.15, -0.1) is 0 Å². The Balaban J connectivity index is 2.69. The van der Waals surface area contributed by atoms with E-state index in [1.807, 2.05) is 12.1 Å². The first-order chi connectivity index (χ1) is 8.19. The van der Waals surface area contributed by atoms with Crippen LogP contribution in [0.3, 0.4) is 0 Å². The number of benzene rings is 1. The number of nitrogens with one attached hydrogen (secondary N) is 1. The Morgan fingerprint density at radius 1 is 1.24 bits per heavy atom. The lowest BCUT2D eigenvalue weighted by Crippen LogP contribution is -2.36. The Morgan fingerprint density at radius 3 is 2.53 bits per heavy atom. The SMILES string of the molecule is CCCC(C)C(Cc1ccccc1Cl)NCC. The summed E-state index contributed by atoms with van der Waals surface area (Å²) >= 11 is 6.22. The van der Waals surface area contributed by atoms with Crippen LogP contribution in [0.1, 0.15) is 39.2 Å². The van der Waals surface area contributed by atoms with E-state index in [1.165, 1.54) is 18.4 Å². The highest BCUT2D eigenvalue weighted by atomic mass is 35.5. The highest BCUT2D eigenvalue weighted by Crippen LogP contribution is 2.21. The van der Waals surface area contributed by atoms with Gasteiger partial charge in [0.1, 0.15) is 0 Å². The summed E-state index contributed by atoms with van der Waals surface area (Å²) in [6.07, 6.45) is 3.53. The predicted octanol–water partition coefficient (Wildman–Crippen LogP) is 4.30. The molecule has 1 rings (SSSR count). The van der Waals surface area contributed by atoms with Crippen molar-refractivity contribution in [1.29, 1.82) is 0 Å². The molecule has 0 saturated heterocycles. The van der Waals surface area contributed by atoms with Crippen LogP contribution in [0.2, 0.25) is 5.02 Å². The van der Waals surface area contributed by atoms with Gasteiger partial charge in [-0.1, -0.05) is 57.0 Å². The zero-order chi connectivity index (χ0) is 12.7. The molecule has 0 aliphatic rings. The van der Waals surface area contributed by atoms with Gasteiger partial charge in [-0.2, -0.15) is 0 Å². The molecule has 2 atom stereocenters. The first-order valence-electron chi connectivity index (χ1n) is 6.65. The van der Waals surface area contributed by atoms with E-state index in [0.29, 0.717) is 12.0 Å². The van der Waals surface area contributed by atoms with Crippen molar-refractivity contribution >= 4 is 11.6 Å². The molecule has 0 radical (unpaired) electrons. The summed E-state index contributed by atoms with van der Waals surface area (Å²) < 4.78 is 0. The van der Waals surface area contributed by atoms with Crippen molar-refractivity contribution in [2.24, 2.45) is 5.92 Å². The molecule has 0 amide bonds. The molecule has 0 saturated carbocycles. The van der Waals surface area contributed by atoms with E-state index >= 15 is 0 Å². The summed E-state index contributed by atoms with van der Waals surface area (Å²) in [4.78, 5) is 0. The second-order valence-electron chi connectivity index (χ2n) is 4.73. The molecule has 1 aromatic rings. The molecule has 0 spiro atoms. The molecule has 1 N–H and O–H groups in total. The predicted molar refractivity (Wildman–Crippen MR) is 76.7 cm³/mol. The van der Waals surface area contributed by atoms with Crippen LogP contribution in [-0.2, 0) is 6.42 Å². The number of hydrogen-bond donors (Lipinski definition) is 1. The fourth-order valence-corrected chi connectivity index (χ4v) is 2.51. The van der Waals surface area contributed by atoms with E-state index in [4.69, 9.17) is 11.6 Å². The molecule has 96 valence electrons. The first kappa shape index (κ1) is 14.5. The van der Waals surface area contributed by atoms with Gasteiger partial charge in [0.15, 0.2) is 0 Å². The molecular weight excluding hydrogens is 230 g/mol. The van der Waals surface area contributed by atoms with Gasteiger partial charge in [-0.05, 0) is 36.9 Å². The van der Waals surface area contributed by atoms with E-state index in [0.717, 1.165) is 18.0 Å². The van der Waals surface area contributed by atoms with Crippen molar-refractivity contribution in [2.75, 3.05) is 6.54 Å². The van der Waals surface area contributed by atoms with Crippen molar-refractivity contribution in [1.82, 2.24) is 5.32 Å². The molecular formula is C15H24ClN. The lowest BCUT2D eigenvalue weighted by atomic mass is 9.91. The number of likely N-dealkylation sites (N-methyl/N-ethyl adjacent to an activating group) is 1. The topological polar surface area (TPSA) is 12.0 Å². The van der Waals surface area contributed by atoms with Gasteiger partial charge in [0.05, 0.1) is 0 Å². The standard InChI is InChI=1S/C15H24ClN/c1-4-8-12(3)15(17-5-2)11-13-9-6-7-10-14(13)16/h6-7,9-10,12,15,17H,4-5,8,11H2,1-3H3. The van der Waals surface area contributed by atoms with E-state index in [2.05, 4.69) is 38.2 Å². The van der Waals surface area contributed by atoms with Crippen LogP contribution in [0.15, 0.2) is 24.3 Å². The third kappa shape index (κ3) is 4.69. The highest BCUT2D eigenvalue weighted by molar-refractivity contribution is 6.31. The van der Waals surface area contributed by atoms with Gasteiger partial charge in [0, 0.05) is 11.1 Å². The van der Waals surface area contributed by atoms with Gasteiger partial charge in [0.2, 0.25) is 0 Å². The Morgan fingerprint density at radius 2 is 1.94 bits per heavy atom. The largest absolute Gasteiger partial charge is 0.314 e. The summed E-state index contributed by atoms with van der Waals surface area (Å²) in [6, 6.07) is 8.69. The minimum Gasteiger partial charge on any atom is -0.314 e. The van der Waals surface area contributed by atoms with E-state index in [-0.39, 0.29) is 0 Å². The summed E-state index contributed by atoms with van der Waals surface area (Å²) in [5.41, 5.74) is 1.25. The molecule has 1 aromatic carbocycles. The zero-order valence-electron chi connectivity index (χ0n) is 11.2. The van der Waals surface area contributed by atoms with E-state index < -0.39 is 0 Å². The molecule has 2 unspecified atom stereocenters. The smallest absolute Gasteiger partial charge is 0.0438 e. The molecule has 17 heavy (non-hydrogen) atoms. The van der Waals surface area contributed by atoms with Gasteiger partial charge in [0.25, 0.3) is 0 Å². The van der Waals surface area contributed by atoms with Crippen molar-refractivity contribution in [3.05, 3.63) is 34.9 Å². The normalized spacial score (nSPS) is 14.6. The maximum Gasteiger partial charge on any atom is 0.0438 e. The van der Waals surface area contributed by atoms with Gasteiger partial charge < -0.3 is 5.32 Å². The fourth-order valence-electron chi connectivity index (χ4n) is 2.29. The van der Waals surface area contributed by atoms with Crippen LogP contribution in [-0.4, -0.2) is 12.6 Å². The molecule has 0 heterocycles. The first-order valence-corrected chi connectivity index (χ1v) is 7.03. The van der Waals surface area contributed by atoms with Crippen LogP contribution in [0, 0.1) is 5.92 Å². The summed E-state index contributed by atoms with van der Waals surface area (Å²) in [5, 5.41) is 4.47. The average molecular weight is 254 g/mol. The Labute approximate surface area is 111 Å². The molecule has 1 nitrogen and oxygen atoms in total. The summed E-state index contributed by atoms with van der Waals surface area (Å²) in [6.45, 7) is 7.75. The summed E-state index contributed by atoms with van der Waals surface area (Å²) in [7, 11) is 0. The quantitative estimate of drug-likeness (QED) is 0.764. The second kappa shape index (κ2) is 7.73. The van der Waals surface area contributed by atoms with Gasteiger partial charge in [-0.3, -0.25) is 0 Å². The molecule has 0 aliphatic heterocycles. The third-order valence-electron chi connectivity index (χ3n) is 3.29. The van der Waals surface area contributed by atoms with Crippen molar-refractivity contribution in [3.8, 4) is 0 Å². The van der Waals surface area contributed by atoms with Gasteiger partial charge in [-0.25, -0.2) is 0 Å². The van der Waals surface area contributed by atoms with Crippen molar-refractivity contribution in [2.45, 2.75) is 46.1 Å². The molecule has 0 bridgehead atoms. The Hall–Kier alpha value is -0.530. The number of hydrogen-bond acceptors (Lipinski definition) is 1. The van der Waals surface area contributed by atoms with E-state index in [1.54, 1.807) is 0 Å². The average Bonchev–Trinajstić information content (AvgIpc) is 2.31. The van der Waals surface area contributed by atoms with Gasteiger partial charge >= 0.3 is 0 Å². The Kier molecular flexibility index (Phi) is 6.61. The molecule has 0 aliphatic carbocycles. The third-order valence-corrected chi connectivity index (χ3v) is 3.66.